The minimum absolute atomic E-state index is 0.0301. The molecule has 0 saturated carbocycles. The van der Waals surface area contributed by atoms with E-state index in [-0.39, 0.29) is 11.4 Å². The third kappa shape index (κ3) is 4.62. The maximum absolute atomic E-state index is 13.0. The van der Waals surface area contributed by atoms with Crippen molar-refractivity contribution >= 4 is 73.9 Å². The molecule has 0 atom stereocenters. The number of amidine groups is 2. The fourth-order valence-electron chi connectivity index (χ4n) is 4.26. The van der Waals surface area contributed by atoms with E-state index in [4.69, 9.17) is 33.3 Å². The van der Waals surface area contributed by atoms with Crippen molar-refractivity contribution in [2.45, 2.75) is 6.54 Å². The van der Waals surface area contributed by atoms with E-state index in [1.165, 1.54) is 16.8 Å². The van der Waals surface area contributed by atoms with Crippen LogP contribution in [0.5, 0.6) is 5.75 Å². The summed E-state index contributed by atoms with van der Waals surface area (Å²) in [5, 5.41) is 17.8. The molecule has 10 heteroatoms. The van der Waals surface area contributed by atoms with Crippen molar-refractivity contribution in [1.82, 2.24) is 9.58 Å². The molecule has 0 bridgehead atoms. The van der Waals surface area contributed by atoms with Crippen molar-refractivity contribution in [2.24, 2.45) is 10.1 Å². The highest BCUT2D eigenvalue weighted by Crippen LogP contribution is 2.34. The van der Waals surface area contributed by atoms with Gasteiger partial charge in [-0.25, -0.2) is 0 Å². The Morgan fingerprint density at radius 1 is 1.00 bits per heavy atom. The maximum Gasteiger partial charge on any atom is 0.283 e. The predicted octanol–water partition coefficient (Wildman–Crippen LogP) is 6.69. The van der Waals surface area contributed by atoms with Crippen LogP contribution < -0.4 is 4.74 Å². The van der Waals surface area contributed by atoms with Gasteiger partial charge in [0.1, 0.15) is 17.4 Å². The first-order valence-electron chi connectivity index (χ1n) is 11.7. The van der Waals surface area contributed by atoms with Gasteiger partial charge in [0.05, 0.1) is 17.1 Å². The third-order valence-electron chi connectivity index (χ3n) is 6.09. The van der Waals surface area contributed by atoms with Crippen molar-refractivity contribution < 1.29 is 9.53 Å². The number of nitrogens with one attached hydrogen (secondary N) is 1. The molecule has 1 aromatic heterocycles. The number of aromatic nitrogens is 1. The van der Waals surface area contributed by atoms with Gasteiger partial charge in [-0.3, -0.25) is 10.2 Å². The van der Waals surface area contributed by atoms with Crippen LogP contribution in [0.25, 0.3) is 17.0 Å². The number of hydrogen-bond donors (Lipinski definition) is 1. The van der Waals surface area contributed by atoms with Crippen LogP contribution in [-0.2, 0) is 11.3 Å². The molecule has 6 rings (SSSR count). The Morgan fingerprint density at radius 3 is 2.58 bits per heavy atom. The molecule has 0 radical (unpaired) electrons. The number of para-hydroxylation sites is 1. The highest BCUT2D eigenvalue weighted by molar-refractivity contribution is 8.27. The van der Waals surface area contributed by atoms with E-state index in [2.05, 4.69) is 14.7 Å². The molecule has 4 aromatic rings. The smallest absolute Gasteiger partial charge is 0.283 e. The molecule has 0 spiro atoms. The lowest BCUT2D eigenvalue weighted by Crippen LogP contribution is -2.35. The number of carbonyl (C=O) groups is 1. The first-order valence-corrected chi connectivity index (χ1v) is 13.3. The van der Waals surface area contributed by atoms with Gasteiger partial charge in [0.25, 0.3) is 5.91 Å². The lowest BCUT2D eigenvalue weighted by molar-refractivity contribution is -0.114. The molecule has 3 aromatic carbocycles. The average Bonchev–Trinajstić information content (AvgIpc) is 3.50. The molecule has 0 aliphatic carbocycles. The molecule has 1 amide bonds. The zero-order valence-corrected chi connectivity index (χ0v) is 22.1. The summed E-state index contributed by atoms with van der Waals surface area (Å²) in [7, 11) is 0. The summed E-state index contributed by atoms with van der Waals surface area (Å²) >= 11 is 13.5. The van der Waals surface area contributed by atoms with E-state index in [9.17, 15) is 4.79 Å². The lowest BCUT2D eigenvalue weighted by atomic mass is 10.1. The number of ether oxygens (including phenoxy) is 1. The number of aliphatic imine (C=N–C) groups is 1. The number of hydrogen-bond acceptors (Lipinski definition) is 5. The molecule has 2 aliphatic rings. The Balaban J connectivity index is 1.28. The highest BCUT2D eigenvalue weighted by atomic mass is 35.5. The fourth-order valence-corrected chi connectivity index (χ4v) is 5.60. The second-order valence-electron chi connectivity index (χ2n) is 8.50. The number of carbonyl (C=O) groups excluding carboxylic acids is 1. The number of nitrogens with zero attached hydrogens (tertiary/aromatic N) is 4. The SMILES string of the molecule is N=C1C(=Cc2cn(CCOc3ccc(Cl)cc3)c3ccccc23)C(=O)N=C2SC(c3ccccc3Cl)=NN12. The second-order valence-corrected chi connectivity index (χ2v) is 10.3. The van der Waals surface area contributed by atoms with E-state index >= 15 is 0 Å². The third-order valence-corrected chi connectivity index (χ3v) is 7.62. The molecule has 1 N–H and O–H groups in total. The molecule has 0 saturated heterocycles. The second kappa shape index (κ2) is 10.1. The summed E-state index contributed by atoms with van der Waals surface area (Å²) in [5.74, 6) is 0.230. The van der Waals surface area contributed by atoms with Crippen molar-refractivity contribution in [3.63, 3.8) is 0 Å². The standard InChI is InChI=1S/C28H19Cl2N5O2S/c29-18-9-11-19(12-10-18)37-14-13-34-16-17(20-5-2-4-8-24(20)34)15-22-25(31)35-28(32-26(22)36)38-27(33-35)21-6-1-3-7-23(21)30/h1-12,15-16,31H,13-14H2. The maximum atomic E-state index is 13.0. The van der Waals surface area contributed by atoms with Crippen LogP contribution in [0.2, 0.25) is 10.0 Å². The Kier molecular flexibility index (Phi) is 6.53. The van der Waals surface area contributed by atoms with Gasteiger partial charge >= 0.3 is 0 Å². The fraction of sp³-hybridized carbons (Fsp3) is 0.0714. The van der Waals surface area contributed by atoms with Gasteiger partial charge in [0.2, 0.25) is 5.17 Å². The van der Waals surface area contributed by atoms with Crippen molar-refractivity contribution in [1.29, 1.82) is 5.41 Å². The Morgan fingerprint density at radius 2 is 1.76 bits per heavy atom. The van der Waals surface area contributed by atoms with Gasteiger partial charge in [-0.05, 0) is 54.2 Å². The number of rotatable bonds is 6. The van der Waals surface area contributed by atoms with Crippen LogP contribution in [0.4, 0.5) is 0 Å². The van der Waals surface area contributed by atoms with Gasteiger partial charge in [-0.15, -0.1) is 0 Å². The van der Waals surface area contributed by atoms with Crippen LogP contribution in [0.3, 0.4) is 0 Å². The summed E-state index contributed by atoms with van der Waals surface area (Å²) < 4.78 is 7.95. The summed E-state index contributed by atoms with van der Waals surface area (Å²) in [6.07, 6.45) is 3.66. The number of amides is 1. The van der Waals surface area contributed by atoms with Crippen LogP contribution in [0, 0.1) is 5.41 Å². The average molecular weight is 560 g/mol. The topological polar surface area (TPSA) is 83.0 Å². The molecule has 188 valence electrons. The number of halogens is 2. The molecular weight excluding hydrogens is 541 g/mol. The highest BCUT2D eigenvalue weighted by Gasteiger charge is 2.36. The predicted molar refractivity (Wildman–Crippen MR) is 154 cm³/mol. The minimum atomic E-state index is -0.479. The zero-order valence-electron chi connectivity index (χ0n) is 19.8. The zero-order chi connectivity index (χ0) is 26.2. The van der Waals surface area contributed by atoms with E-state index in [1.54, 1.807) is 24.3 Å². The van der Waals surface area contributed by atoms with E-state index in [1.807, 2.05) is 60.8 Å². The summed E-state index contributed by atoms with van der Waals surface area (Å²) in [6.45, 7) is 1.04. The number of benzene rings is 3. The van der Waals surface area contributed by atoms with Crippen LogP contribution >= 0.6 is 35.0 Å². The monoisotopic (exact) mass is 559 g/mol. The van der Waals surface area contributed by atoms with Gasteiger partial charge in [-0.2, -0.15) is 15.1 Å². The van der Waals surface area contributed by atoms with E-state index < -0.39 is 5.91 Å². The van der Waals surface area contributed by atoms with Gasteiger partial charge < -0.3 is 9.30 Å². The quantitative estimate of drug-likeness (QED) is 0.266. The van der Waals surface area contributed by atoms with Crippen molar-refractivity contribution in [3.8, 4) is 5.75 Å². The Hall–Kier alpha value is -3.85. The van der Waals surface area contributed by atoms with Crippen LogP contribution in [-0.4, -0.2) is 38.1 Å². The molecule has 38 heavy (non-hydrogen) atoms. The number of fused-ring (bicyclic) bond motifs is 2. The Bertz CT molecular complexity index is 1690. The summed E-state index contributed by atoms with van der Waals surface area (Å²) in [4.78, 5) is 17.2. The van der Waals surface area contributed by atoms with E-state index in [0.29, 0.717) is 33.4 Å². The molecule has 7 nitrogen and oxygen atoms in total. The molecule has 2 aliphatic heterocycles. The molecular formula is C28H19Cl2N5O2S. The normalized spacial score (nSPS) is 16.2. The van der Waals surface area contributed by atoms with Gasteiger partial charge in [-0.1, -0.05) is 59.6 Å². The molecule has 3 heterocycles. The summed E-state index contributed by atoms with van der Waals surface area (Å²) in [6, 6.07) is 22.5. The first-order chi connectivity index (χ1) is 18.5. The number of hydrazone groups is 1. The van der Waals surface area contributed by atoms with Gasteiger partial charge in [0.15, 0.2) is 5.84 Å². The van der Waals surface area contributed by atoms with Crippen molar-refractivity contribution in [3.05, 3.63) is 106 Å². The van der Waals surface area contributed by atoms with Gasteiger partial charge in [0, 0.05) is 33.2 Å². The van der Waals surface area contributed by atoms with E-state index in [0.717, 1.165) is 27.8 Å². The summed E-state index contributed by atoms with van der Waals surface area (Å²) in [5.41, 5.74) is 2.69. The lowest BCUT2D eigenvalue weighted by Gasteiger charge is -2.20. The van der Waals surface area contributed by atoms with Crippen molar-refractivity contribution in [2.75, 3.05) is 6.61 Å². The van der Waals surface area contributed by atoms with Crippen LogP contribution in [0.1, 0.15) is 11.1 Å². The van der Waals surface area contributed by atoms with Crippen LogP contribution in [0.15, 0.2) is 94.7 Å². The largest absolute Gasteiger partial charge is 0.492 e. The molecule has 0 unspecified atom stereocenters. The number of thioether (sulfide) groups is 1. The molecule has 0 fully saturated rings. The Labute approximate surface area is 232 Å². The first kappa shape index (κ1) is 24.5. The minimum Gasteiger partial charge on any atom is -0.492 e.